The van der Waals surface area contributed by atoms with Crippen molar-refractivity contribution < 1.29 is 12.6 Å². The summed E-state index contributed by atoms with van der Waals surface area (Å²) < 4.78 is 57.5. The Morgan fingerprint density at radius 3 is 2.18 bits per heavy atom. The minimum absolute atomic E-state index is 0.112. The first-order valence-electron chi connectivity index (χ1n) is 18.2. The van der Waals surface area contributed by atoms with Crippen LogP contribution in [0, 0.1) is 25.0 Å². The Morgan fingerprint density at radius 2 is 1.47 bits per heavy atom. The van der Waals surface area contributed by atoms with Gasteiger partial charge in [0.05, 0.1) is 17.3 Å². The average Bonchev–Trinajstić information content (AvgIpc) is 3.48. The Morgan fingerprint density at radius 1 is 0.711 bits per heavy atom. The molecule has 0 spiro atoms. The Labute approximate surface area is 273 Å². The molecule has 7 aromatic rings. The molecule has 0 radical (unpaired) electrons. The molecule has 0 amide bonds. The summed E-state index contributed by atoms with van der Waals surface area (Å²) in [5.41, 5.74) is 7.11. The maximum Gasteiger partial charge on any atom is 0.145 e. The van der Waals surface area contributed by atoms with Crippen LogP contribution in [0.25, 0.3) is 66.2 Å². The fourth-order valence-corrected chi connectivity index (χ4v) is 6.54. The third kappa shape index (κ3) is 4.69. The first kappa shape index (κ1) is 22.3. The maximum atomic E-state index is 10.3. The predicted octanol–water partition coefficient (Wildman–Crippen LogP) is 11.9. The van der Waals surface area contributed by atoms with Gasteiger partial charge in [-0.15, -0.1) is 0 Å². The molecule has 220 valence electrons. The van der Waals surface area contributed by atoms with E-state index in [4.69, 9.17) is 17.6 Å². The highest BCUT2D eigenvalue weighted by atomic mass is 16.3. The summed E-state index contributed by atoms with van der Waals surface area (Å²) in [7, 11) is 0. The van der Waals surface area contributed by atoms with Gasteiger partial charge in [-0.1, -0.05) is 88.4 Å². The summed E-state index contributed by atoms with van der Waals surface area (Å²) in [6, 6.07) is 30.8. The summed E-state index contributed by atoms with van der Waals surface area (Å²) in [6.45, 7) is 3.45. The van der Waals surface area contributed by atoms with E-state index in [9.17, 15) is 5.26 Å². The normalized spacial score (nSPS) is 14.2. The molecule has 0 saturated carbocycles. The number of nitrogens with zero attached hydrogens (tertiary/aromatic N) is 2. The van der Waals surface area contributed by atoms with Crippen LogP contribution in [-0.4, -0.2) is 4.98 Å². The lowest BCUT2D eigenvalue weighted by Crippen LogP contribution is -2.02. The lowest BCUT2D eigenvalue weighted by molar-refractivity contribution is 0.670. The molecule has 0 aliphatic heterocycles. The topological polar surface area (TPSA) is 49.8 Å². The molecular weight excluding hydrogens is 548 g/mol. The number of benzene rings is 5. The van der Waals surface area contributed by atoms with Crippen LogP contribution in [0.2, 0.25) is 0 Å². The van der Waals surface area contributed by atoms with Crippen LogP contribution < -0.4 is 0 Å². The van der Waals surface area contributed by atoms with E-state index in [1.54, 1.807) is 30.3 Å². The van der Waals surface area contributed by atoms with Crippen LogP contribution in [0.5, 0.6) is 0 Å². The monoisotopic (exact) mass is 590 g/mol. The zero-order valence-corrected chi connectivity index (χ0v) is 25.7. The van der Waals surface area contributed by atoms with Gasteiger partial charge in [-0.05, 0) is 106 Å². The van der Waals surface area contributed by atoms with Gasteiger partial charge in [-0.2, -0.15) is 5.26 Å². The SMILES string of the molecule is [2H]C([2H])([2H])c1cnc(-c2ccc(C([2H])([2H])[2H])c3c2oc2c(-c4ccc5ccccc5c4)c(C#N)ccc23)cc1-c1c(C(C)C)cccc1C(C)C. The van der Waals surface area contributed by atoms with Crippen LogP contribution in [-0.2, 0) is 0 Å². The average molecular weight is 591 g/mol. The fourth-order valence-electron chi connectivity index (χ4n) is 6.54. The van der Waals surface area contributed by atoms with Crippen molar-refractivity contribution in [1.29, 1.82) is 5.26 Å². The molecule has 0 saturated heterocycles. The highest BCUT2D eigenvalue weighted by molar-refractivity contribution is 6.15. The quantitative estimate of drug-likeness (QED) is 0.200. The van der Waals surface area contributed by atoms with Gasteiger partial charge in [-0.3, -0.25) is 4.98 Å². The summed E-state index contributed by atoms with van der Waals surface area (Å²) >= 11 is 0. The molecule has 3 heteroatoms. The van der Waals surface area contributed by atoms with Crippen molar-refractivity contribution in [2.24, 2.45) is 0 Å². The van der Waals surface area contributed by atoms with Crippen molar-refractivity contribution in [2.45, 2.75) is 53.2 Å². The van der Waals surface area contributed by atoms with Gasteiger partial charge in [-0.25, -0.2) is 0 Å². The van der Waals surface area contributed by atoms with E-state index in [1.807, 2.05) is 60.7 Å². The van der Waals surface area contributed by atoms with Gasteiger partial charge in [0.1, 0.15) is 11.2 Å². The number of fused-ring (bicyclic) bond motifs is 4. The van der Waals surface area contributed by atoms with Crippen LogP contribution >= 0.6 is 0 Å². The maximum absolute atomic E-state index is 10.3. The zero-order chi connectivity index (χ0) is 36.4. The molecule has 2 heterocycles. The van der Waals surface area contributed by atoms with Gasteiger partial charge in [0.25, 0.3) is 0 Å². The van der Waals surface area contributed by atoms with E-state index >= 15 is 0 Å². The number of pyridine rings is 1. The first-order chi connectivity index (χ1) is 24.2. The van der Waals surface area contributed by atoms with E-state index in [1.165, 1.54) is 6.20 Å². The number of furan rings is 1. The van der Waals surface area contributed by atoms with Gasteiger partial charge in [0.15, 0.2) is 0 Å². The number of rotatable bonds is 5. The van der Waals surface area contributed by atoms with Crippen molar-refractivity contribution >= 4 is 32.7 Å². The molecule has 0 bridgehead atoms. The van der Waals surface area contributed by atoms with Crippen molar-refractivity contribution in [3.63, 3.8) is 0 Å². The summed E-state index contributed by atoms with van der Waals surface area (Å²) in [6.07, 6.45) is 1.42. The molecule has 0 atom stereocenters. The third-order valence-electron chi connectivity index (χ3n) is 8.77. The molecule has 0 fully saturated rings. The third-order valence-corrected chi connectivity index (χ3v) is 8.77. The predicted molar refractivity (Wildman–Crippen MR) is 188 cm³/mol. The van der Waals surface area contributed by atoms with Gasteiger partial charge in [0, 0.05) is 36.3 Å². The highest BCUT2D eigenvalue weighted by Gasteiger charge is 2.22. The lowest BCUT2D eigenvalue weighted by atomic mass is 9.83. The molecule has 3 nitrogen and oxygen atoms in total. The molecule has 0 N–H and O–H groups in total. The highest BCUT2D eigenvalue weighted by Crippen LogP contribution is 2.44. The molecular formula is C42H36N2O. The number of nitriles is 1. The summed E-state index contributed by atoms with van der Waals surface area (Å²) in [5.74, 6) is 0.228. The van der Waals surface area contributed by atoms with Crippen molar-refractivity contribution in [1.82, 2.24) is 4.98 Å². The van der Waals surface area contributed by atoms with E-state index in [2.05, 4.69) is 33.8 Å². The largest absolute Gasteiger partial charge is 0.455 e. The minimum atomic E-state index is -2.48. The van der Waals surface area contributed by atoms with E-state index in [0.717, 1.165) is 33.0 Å². The Balaban J connectivity index is 1.58. The molecule has 7 rings (SSSR count). The Kier molecular flexibility index (Phi) is 5.49. The summed E-state index contributed by atoms with van der Waals surface area (Å²) in [5, 5.41) is 13.3. The van der Waals surface area contributed by atoms with E-state index in [-0.39, 0.29) is 23.0 Å². The van der Waals surface area contributed by atoms with Crippen LogP contribution in [0.15, 0.2) is 102 Å². The molecule has 0 unspecified atom stereocenters. The standard InChI is InChI=1S/C42H36N2O/c1-24(2)32-12-9-13-33(25(3)4)40(32)36-21-37(44-23-27(36)6)34-18-14-26(5)38-35-19-17-31(22-43)39(42(35)45-41(34)38)30-16-15-28-10-7-8-11-29(28)20-30/h7-21,23-25H,1-6H3/i5D3,6D3. The Hall–Kier alpha value is -5.20. The smallest absolute Gasteiger partial charge is 0.145 e. The van der Waals surface area contributed by atoms with Crippen LogP contribution in [0.3, 0.4) is 0 Å². The molecule has 2 aromatic heterocycles. The number of hydrogen-bond donors (Lipinski definition) is 0. The lowest BCUT2D eigenvalue weighted by Gasteiger charge is -2.21. The number of aromatic nitrogens is 1. The second-order valence-electron chi connectivity index (χ2n) is 12.2. The minimum Gasteiger partial charge on any atom is -0.455 e. The van der Waals surface area contributed by atoms with Gasteiger partial charge in [0.2, 0.25) is 0 Å². The van der Waals surface area contributed by atoms with E-state index < -0.39 is 13.7 Å². The number of aryl methyl sites for hydroxylation is 2. The second-order valence-corrected chi connectivity index (χ2v) is 12.2. The molecule has 0 aliphatic rings. The molecule has 5 aromatic carbocycles. The van der Waals surface area contributed by atoms with E-state index in [0.29, 0.717) is 49.9 Å². The van der Waals surface area contributed by atoms with Crippen molar-refractivity contribution in [3.8, 4) is 39.6 Å². The Bertz CT molecular complexity index is 2510. The van der Waals surface area contributed by atoms with Gasteiger partial charge >= 0.3 is 0 Å². The summed E-state index contributed by atoms with van der Waals surface area (Å²) in [4.78, 5) is 4.70. The van der Waals surface area contributed by atoms with Crippen LogP contribution in [0.4, 0.5) is 0 Å². The van der Waals surface area contributed by atoms with Crippen molar-refractivity contribution in [2.75, 3.05) is 0 Å². The van der Waals surface area contributed by atoms with Gasteiger partial charge < -0.3 is 4.42 Å². The van der Waals surface area contributed by atoms with Crippen LogP contribution in [0.1, 0.15) is 75.6 Å². The number of hydrogen-bond acceptors (Lipinski definition) is 3. The van der Waals surface area contributed by atoms with Crippen molar-refractivity contribution in [3.05, 3.63) is 125 Å². The fraction of sp³-hybridized carbons (Fsp3) is 0.190. The first-order valence-corrected chi connectivity index (χ1v) is 15.2. The molecule has 45 heavy (non-hydrogen) atoms. The second kappa shape index (κ2) is 11.1. The zero-order valence-electron chi connectivity index (χ0n) is 31.7. The molecule has 0 aliphatic carbocycles.